The molecule has 0 aromatic heterocycles. The predicted molar refractivity (Wildman–Crippen MR) is 47.4 cm³/mol. The van der Waals surface area contributed by atoms with Crippen LogP contribution in [-0.2, 0) is 0 Å². The van der Waals surface area contributed by atoms with E-state index in [0.29, 0.717) is 12.1 Å². The lowest BCUT2D eigenvalue weighted by atomic mass is 10.0. The van der Waals surface area contributed by atoms with Crippen molar-refractivity contribution in [1.29, 1.82) is 0 Å². The van der Waals surface area contributed by atoms with Gasteiger partial charge in [0.1, 0.15) is 0 Å². The molecule has 2 aliphatic rings. The van der Waals surface area contributed by atoms with E-state index < -0.39 is 0 Å². The normalized spacial score (nSPS) is 44.7. The number of hydrogen-bond donors (Lipinski definition) is 1. The standard InChI is InChI=1S/C8H15NOS/c1-11-9-6-2-3-7(9)5-8(10)4-6/h6-8,10H,2-5H2,1H3/t6-,7+,8?. The van der Waals surface area contributed by atoms with Crippen LogP contribution in [0.4, 0.5) is 0 Å². The van der Waals surface area contributed by atoms with Crippen LogP contribution in [0.3, 0.4) is 0 Å². The third-order valence-corrected chi connectivity index (χ3v) is 3.87. The lowest BCUT2D eigenvalue weighted by molar-refractivity contribution is 0.0816. The summed E-state index contributed by atoms with van der Waals surface area (Å²) in [5.74, 6) is 0. The van der Waals surface area contributed by atoms with E-state index in [1.165, 1.54) is 12.8 Å². The number of rotatable bonds is 1. The Morgan fingerprint density at radius 3 is 2.27 bits per heavy atom. The molecule has 2 fully saturated rings. The zero-order valence-corrected chi connectivity index (χ0v) is 7.68. The van der Waals surface area contributed by atoms with Gasteiger partial charge in [0.05, 0.1) is 6.10 Å². The molecule has 2 bridgehead atoms. The number of aliphatic hydroxyl groups excluding tert-OH is 1. The molecule has 3 atom stereocenters. The molecule has 11 heavy (non-hydrogen) atoms. The molecule has 1 N–H and O–H groups in total. The first-order chi connectivity index (χ1) is 5.31. The molecule has 64 valence electrons. The van der Waals surface area contributed by atoms with Crippen LogP contribution in [0.2, 0.25) is 0 Å². The third-order valence-electron chi connectivity index (χ3n) is 2.85. The van der Waals surface area contributed by atoms with Crippen LogP contribution in [0, 0.1) is 0 Å². The minimum absolute atomic E-state index is 0.0177. The second-order valence-electron chi connectivity index (χ2n) is 3.55. The summed E-state index contributed by atoms with van der Waals surface area (Å²) in [6.45, 7) is 0. The fourth-order valence-electron chi connectivity index (χ4n) is 2.40. The van der Waals surface area contributed by atoms with Crippen molar-refractivity contribution < 1.29 is 5.11 Å². The van der Waals surface area contributed by atoms with E-state index in [1.807, 2.05) is 11.9 Å². The third kappa shape index (κ3) is 1.30. The molecule has 0 aromatic rings. The van der Waals surface area contributed by atoms with Gasteiger partial charge in [-0.05, 0) is 31.9 Å². The first-order valence-electron chi connectivity index (χ1n) is 4.31. The second kappa shape index (κ2) is 2.96. The van der Waals surface area contributed by atoms with Crippen molar-refractivity contribution in [2.24, 2.45) is 0 Å². The molecule has 2 aliphatic heterocycles. The van der Waals surface area contributed by atoms with Gasteiger partial charge in [0.2, 0.25) is 0 Å². The van der Waals surface area contributed by atoms with Crippen LogP contribution in [0.5, 0.6) is 0 Å². The number of hydrogen-bond acceptors (Lipinski definition) is 3. The highest BCUT2D eigenvalue weighted by atomic mass is 32.2. The summed E-state index contributed by atoms with van der Waals surface area (Å²) >= 11 is 1.85. The highest BCUT2D eigenvalue weighted by Gasteiger charge is 2.39. The maximum Gasteiger partial charge on any atom is 0.0570 e. The van der Waals surface area contributed by atoms with Gasteiger partial charge >= 0.3 is 0 Å². The zero-order chi connectivity index (χ0) is 7.84. The van der Waals surface area contributed by atoms with Crippen LogP contribution < -0.4 is 0 Å². The largest absolute Gasteiger partial charge is 0.393 e. The van der Waals surface area contributed by atoms with Crippen LogP contribution in [0.25, 0.3) is 0 Å². The molecule has 1 unspecified atom stereocenters. The highest BCUT2D eigenvalue weighted by molar-refractivity contribution is 7.96. The van der Waals surface area contributed by atoms with E-state index in [9.17, 15) is 5.11 Å². The molecule has 2 saturated heterocycles. The fraction of sp³-hybridized carbons (Fsp3) is 1.00. The Morgan fingerprint density at radius 1 is 1.27 bits per heavy atom. The molecular weight excluding hydrogens is 158 g/mol. The first-order valence-corrected chi connectivity index (χ1v) is 5.50. The highest BCUT2D eigenvalue weighted by Crippen LogP contribution is 2.39. The van der Waals surface area contributed by atoms with E-state index in [-0.39, 0.29) is 6.10 Å². The van der Waals surface area contributed by atoms with Crippen molar-refractivity contribution in [2.45, 2.75) is 43.9 Å². The van der Waals surface area contributed by atoms with Gasteiger partial charge in [-0.3, -0.25) is 0 Å². The van der Waals surface area contributed by atoms with Gasteiger partial charge in [-0.2, -0.15) is 0 Å². The number of piperidine rings is 1. The van der Waals surface area contributed by atoms with Crippen molar-refractivity contribution >= 4 is 11.9 Å². The lowest BCUT2D eigenvalue weighted by Crippen LogP contribution is -2.40. The molecule has 3 heteroatoms. The van der Waals surface area contributed by atoms with Crippen molar-refractivity contribution in [3.8, 4) is 0 Å². The van der Waals surface area contributed by atoms with Crippen molar-refractivity contribution in [3.63, 3.8) is 0 Å². The molecule has 2 heterocycles. The monoisotopic (exact) mass is 173 g/mol. The molecule has 0 aromatic carbocycles. The number of aliphatic hydroxyl groups is 1. The Morgan fingerprint density at radius 2 is 1.82 bits per heavy atom. The summed E-state index contributed by atoms with van der Waals surface area (Å²) in [4.78, 5) is 0. The summed E-state index contributed by atoms with van der Waals surface area (Å²) in [7, 11) is 0. The minimum atomic E-state index is -0.0177. The van der Waals surface area contributed by atoms with E-state index in [0.717, 1.165) is 12.8 Å². The van der Waals surface area contributed by atoms with Crippen molar-refractivity contribution in [3.05, 3.63) is 0 Å². The van der Waals surface area contributed by atoms with Crippen molar-refractivity contribution in [2.75, 3.05) is 6.26 Å². The fourth-order valence-corrected chi connectivity index (χ4v) is 3.38. The topological polar surface area (TPSA) is 23.5 Å². The Hall–Kier alpha value is 0.270. The summed E-state index contributed by atoms with van der Waals surface area (Å²) in [5.41, 5.74) is 0. The molecule has 0 amide bonds. The number of fused-ring (bicyclic) bond motifs is 2. The maximum absolute atomic E-state index is 9.47. The van der Waals surface area contributed by atoms with Gasteiger partial charge in [-0.1, -0.05) is 11.9 Å². The predicted octanol–water partition coefficient (Wildman–Crippen LogP) is 1.25. The molecule has 0 spiro atoms. The van der Waals surface area contributed by atoms with Crippen LogP contribution in [0.15, 0.2) is 0 Å². The number of nitrogens with zero attached hydrogens (tertiary/aromatic N) is 1. The molecule has 0 radical (unpaired) electrons. The Bertz CT molecular complexity index is 139. The van der Waals surface area contributed by atoms with Gasteiger partial charge in [0, 0.05) is 12.1 Å². The summed E-state index contributed by atoms with van der Waals surface area (Å²) in [6.07, 6.45) is 6.71. The molecule has 2 rings (SSSR count). The van der Waals surface area contributed by atoms with E-state index in [1.54, 1.807) is 0 Å². The SMILES string of the molecule is CSN1[C@@H]2CC[C@H]1CC(O)C2. The average Bonchev–Trinajstić information content (AvgIpc) is 2.23. The van der Waals surface area contributed by atoms with E-state index >= 15 is 0 Å². The van der Waals surface area contributed by atoms with Gasteiger partial charge in [0.15, 0.2) is 0 Å². The summed E-state index contributed by atoms with van der Waals surface area (Å²) in [5, 5.41) is 9.47. The lowest BCUT2D eigenvalue weighted by Gasteiger charge is -2.34. The van der Waals surface area contributed by atoms with Crippen LogP contribution in [-0.4, -0.2) is 33.9 Å². The molecule has 0 aliphatic carbocycles. The van der Waals surface area contributed by atoms with E-state index in [2.05, 4.69) is 10.6 Å². The first kappa shape index (κ1) is 7.90. The quantitative estimate of drug-likeness (QED) is 0.604. The van der Waals surface area contributed by atoms with Gasteiger partial charge in [-0.25, -0.2) is 4.31 Å². The Kier molecular flexibility index (Phi) is 2.12. The summed E-state index contributed by atoms with van der Waals surface area (Å²) in [6, 6.07) is 1.33. The molecular formula is C8H15NOS. The minimum Gasteiger partial charge on any atom is -0.393 e. The van der Waals surface area contributed by atoms with Gasteiger partial charge in [-0.15, -0.1) is 0 Å². The van der Waals surface area contributed by atoms with Crippen LogP contribution in [0.1, 0.15) is 25.7 Å². The average molecular weight is 173 g/mol. The summed E-state index contributed by atoms with van der Waals surface area (Å²) < 4.78 is 2.48. The smallest absolute Gasteiger partial charge is 0.0570 e. The second-order valence-corrected chi connectivity index (χ2v) is 4.34. The van der Waals surface area contributed by atoms with E-state index in [4.69, 9.17) is 0 Å². The molecule has 0 saturated carbocycles. The van der Waals surface area contributed by atoms with Gasteiger partial charge in [0.25, 0.3) is 0 Å². The maximum atomic E-state index is 9.47. The van der Waals surface area contributed by atoms with Crippen LogP contribution >= 0.6 is 11.9 Å². The Labute approximate surface area is 72.1 Å². The van der Waals surface area contributed by atoms with Gasteiger partial charge < -0.3 is 5.11 Å². The van der Waals surface area contributed by atoms with Crippen molar-refractivity contribution in [1.82, 2.24) is 4.31 Å². The Balaban J connectivity index is 2.06. The zero-order valence-electron chi connectivity index (χ0n) is 6.86. The molecule has 2 nitrogen and oxygen atoms in total.